The predicted octanol–water partition coefficient (Wildman–Crippen LogP) is 1.75. The van der Waals surface area contributed by atoms with Gasteiger partial charge in [-0.15, -0.1) is 10.2 Å². The standard InChI is InChI=1S/C13H10ClN5O/c14-9-5-11-12(6-10(9)15)18-19(17-11)8-3-1-7(2-4-8)13(16)20/h1-6H,15H2,(H2,16,20). The minimum atomic E-state index is -0.477. The molecule has 0 aliphatic heterocycles. The largest absolute Gasteiger partial charge is 0.397 e. The highest BCUT2D eigenvalue weighted by Gasteiger charge is 2.08. The molecule has 0 saturated carbocycles. The number of anilines is 1. The van der Waals surface area contributed by atoms with Crippen molar-refractivity contribution in [3.05, 3.63) is 47.0 Å². The van der Waals surface area contributed by atoms with E-state index in [0.29, 0.717) is 33.0 Å². The van der Waals surface area contributed by atoms with Crippen LogP contribution in [0.2, 0.25) is 5.02 Å². The van der Waals surface area contributed by atoms with Gasteiger partial charge in [0.25, 0.3) is 0 Å². The summed E-state index contributed by atoms with van der Waals surface area (Å²) in [6.45, 7) is 0. The van der Waals surface area contributed by atoms with Gasteiger partial charge in [0.15, 0.2) is 0 Å². The maximum atomic E-state index is 11.0. The van der Waals surface area contributed by atoms with Gasteiger partial charge < -0.3 is 11.5 Å². The van der Waals surface area contributed by atoms with E-state index in [0.717, 1.165) is 0 Å². The van der Waals surface area contributed by atoms with E-state index in [2.05, 4.69) is 10.2 Å². The van der Waals surface area contributed by atoms with E-state index >= 15 is 0 Å². The molecule has 100 valence electrons. The SMILES string of the molecule is NC(=O)c1ccc(-n2nc3cc(N)c(Cl)cc3n2)cc1. The number of rotatable bonds is 2. The first-order valence-electron chi connectivity index (χ1n) is 5.77. The van der Waals surface area contributed by atoms with Gasteiger partial charge in [-0.3, -0.25) is 4.79 Å². The van der Waals surface area contributed by atoms with Crippen molar-refractivity contribution in [2.24, 2.45) is 5.73 Å². The molecule has 0 radical (unpaired) electrons. The molecule has 0 unspecified atom stereocenters. The summed E-state index contributed by atoms with van der Waals surface area (Å²) in [6.07, 6.45) is 0. The average Bonchev–Trinajstić information content (AvgIpc) is 2.82. The van der Waals surface area contributed by atoms with Gasteiger partial charge in [-0.05, 0) is 36.4 Å². The maximum Gasteiger partial charge on any atom is 0.248 e. The van der Waals surface area contributed by atoms with Crippen LogP contribution in [0.1, 0.15) is 10.4 Å². The van der Waals surface area contributed by atoms with Crippen molar-refractivity contribution < 1.29 is 4.79 Å². The molecule has 0 fully saturated rings. The van der Waals surface area contributed by atoms with Crippen molar-refractivity contribution in [3.63, 3.8) is 0 Å². The number of nitrogens with two attached hydrogens (primary N) is 2. The molecule has 7 heteroatoms. The lowest BCUT2D eigenvalue weighted by Gasteiger charge is -1.99. The van der Waals surface area contributed by atoms with Gasteiger partial charge in [0.2, 0.25) is 5.91 Å². The fourth-order valence-electron chi connectivity index (χ4n) is 1.83. The molecule has 2 aromatic carbocycles. The fourth-order valence-corrected chi connectivity index (χ4v) is 1.99. The lowest BCUT2D eigenvalue weighted by Crippen LogP contribution is -2.10. The van der Waals surface area contributed by atoms with Gasteiger partial charge in [-0.25, -0.2) is 0 Å². The number of aromatic nitrogens is 3. The van der Waals surface area contributed by atoms with Gasteiger partial charge in [-0.1, -0.05) is 11.6 Å². The van der Waals surface area contributed by atoms with E-state index < -0.39 is 5.91 Å². The van der Waals surface area contributed by atoms with Crippen molar-refractivity contribution >= 4 is 34.2 Å². The average molecular weight is 288 g/mol. The van der Waals surface area contributed by atoms with Crippen LogP contribution in [0, 0.1) is 0 Å². The molecule has 4 N–H and O–H groups in total. The third-order valence-corrected chi connectivity index (χ3v) is 3.21. The number of hydrogen-bond donors (Lipinski definition) is 2. The number of hydrogen-bond acceptors (Lipinski definition) is 4. The molecule has 0 aliphatic rings. The molecule has 3 rings (SSSR count). The highest BCUT2D eigenvalue weighted by molar-refractivity contribution is 6.33. The first kappa shape index (κ1) is 12.4. The zero-order chi connectivity index (χ0) is 14.3. The van der Waals surface area contributed by atoms with Crippen molar-refractivity contribution in [2.45, 2.75) is 0 Å². The van der Waals surface area contributed by atoms with Crippen molar-refractivity contribution in [1.82, 2.24) is 15.0 Å². The highest BCUT2D eigenvalue weighted by Crippen LogP contribution is 2.24. The molecular weight excluding hydrogens is 278 g/mol. The quantitative estimate of drug-likeness (QED) is 0.701. The molecule has 20 heavy (non-hydrogen) atoms. The molecule has 0 bridgehead atoms. The fraction of sp³-hybridized carbons (Fsp3) is 0. The van der Waals surface area contributed by atoms with E-state index in [1.807, 2.05) is 0 Å². The number of benzene rings is 2. The molecule has 6 nitrogen and oxygen atoms in total. The Kier molecular flexibility index (Phi) is 2.80. The topological polar surface area (TPSA) is 99.8 Å². The number of primary amides is 1. The summed E-state index contributed by atoms with van der Waals surface area (Å²) in [5, 5.41) is 9.06. The van der Waals surface area contributed by atoms with E-state index in [-0.39, 0.29) is 0 Å². The molecule has 1 heterocycles. The van der Waals surface area contributed by atoms with E-state index in [9.17, 15) is 4.79 Å². The van der Waals surface area contributed by atoms with Crippen molar-refractivity contribution in [2.75, 3.05) is 5.73 Å². The molecule has 0 atom stereocenters. The van der Waals surface area contributed by atoms with Crippen LogP contribution in [0.25, 0.3) is 16.7 Å². The van der Waals surface area contributed by atoms with Crippen LogP contribution in [-0.4, -0.2) is 20.9 Å². The number of carbonyl (C=O) groups excluding carboxylic acids is 1. The minimum absolute atomic E-state index is 0.428. The first-order valence-corrected chi connectivity index (χ1v) is 6.15. The number of amides is 1. The van der Waals surface area contributed by atoms with Crippen LogP contribution in [0.5, 0.6) is 0 Å². The summed E-state index contributed by atoms with van der Waals surface area (Å²) >= 11 is 5.95. The lowest BCUT2D eigenvalue weighted by molar-refractivity contribution is 0.100. The number of halogens is 1. The van der Waals surface area contributed by atoms with E-state index in [1.54, 1.807) is 36.4 Å². The molecule has 0 saturated heterocycles. The van der Waals surface area contributed by atoms with E-state index in [4.69, 9.17) is 23.1 Å². The summed E-state index contributed by atoms with van der Waals surface area (Å²) in [4.78, 5) is 12.5. The number of nitrogen functional groups attached to an aromatic ring is 1. The zero-order valence-electron chi connectivity index (χ0n) is 10.2. The van der Waals surface area contributed by atoms with Crippen LogP contribution in [0.15, 0.2) is 36.4 Å². The normalized spacial score (nSPS) is 10.8. The minimum Gasteiger partial charge on any atom is -0.397 e. The summed E-state index contributed by atoms with van der Waals surface area (Å²) in [7, 11) is 0. The van der Waals surface area contributed by atoms with Gasteiger partial charge in [0, 0.05) is 5.56 Å². The molecule has 3 aromatic rings. The molecule has 0 aliphatic carbocycles. The Morgan fingerprint density at radius 1 is 1.10 bits per heavy atom. The van der Waals surface area contributed by atoms with Gasteiger partial charge in [0.1, 0.15) is 11.0 Å². The number of fused-ring (bicyclic) bond motifs is 1. The van der Waals surface area contributed by atoms with Gasteiger partial charge in [-0.2, -0.15) is 4.80 Å². The Morgan fingerprint density at radius 3 is 2.30 bits per heavy atom. The summed E-state index contributed by atoms with van der Waals surface area (Å²) in [5.74, 6) is -0.477. The number of carbonyl (C=O) groups is 1. The smallest absolute Gasteiger partial charge is 0.248 e. The first-order chi connectivity index (χ1) is 9.54. The highest BCUT2D eigenvalue weighted by atomic mass is 35.5. The van der Waals surface area contributed by atoms with Gasteiger partial charge >= 0.3 is 0 Å². The summed E-state index contributed by atoms with van der Waals surface area (Å²) < 4.78 is 0. The molecular formula is C13H10ClN5O. The van der Waals surface area contributed by atoms with Crippen LogP contribution >= 0.6 is 11.6 Å². The zero-order valence-corrected chi connectivity index (χ0v) is 11.0. The maximum absolute atomic E-state index is 11.0. The van der Waals surface area contributed by atoms with Crippen LogP contribution < -0.4 is 11.5 Å². The Labute approximate surface area is 118 Å². The van der Waals surface area contributed by atoms with Crippen LogP contribution in [0.3, 0.4) is 0 Å². The van der Waals surface area contributed by atoms with Crippen LogP contribution in [-0.2, 0) is 0 Å². The van der Waals surface area contributed by atoms with Gasteiger partial charge in [0.05, 0.1) is 16.4 Å². The molecule has 1 amide bonds. The number of nitrogens with zero attached hydrogens (tertiary/aromatic N) is 3. The Balaban J connectivity index is 2.07. The van der Waals surface area contributed by atoms with E-state index in [1.165, 1.54) is 4.80 Å². The summed E-state index contributed by atoms with van der Waals surface area (Å²) in [6, 6.07) is 9.99. The molecule has 1 aromatic heterocycles. The van der Waals surface area contributed by atoms with Crippen molar-refractivity contribution in [3.8, 4) is 5.69 Å². The molecule has 0 spiro atoms. The monoisotopic (exact) mass is 287 g/mol. The van der Waals surface area contributed by atoms with Crippen LogP contribution in [0.4, 0.5) is 5.69 Å². The Bertz CT molecular complexity index is 770. The van der Waals surface area contributed by atoms with Crippen molar-refractivity contribution in [1.29, 1.82) is 0 Å². The predicted molar refractivity (Wildman–Crippen MR) is 76.8 cm³/mol. The Hall–Kier alpha value is -2.60. The lowest BCUT2D eigenvalue weighted by atomic mass is 10.2. The summed E-state index contributed by atoms with van der Waals surface area (Å²) in [5.41, 5.74) is 13.8. The Morgan fingerprint density at radius 2 is 1.70 bits per heavy atom. The third-order valence-electron chi connectivity index (χ3n) is 2.88. The second-order valence-electron chi connectivity index (χ2n) is 4.26. The third kappa shape index (κ3) is 2.06. The second-order valence-corrected chi connectivity index (χ2v) is 4.67. The second kappa shape index (κ2) is 4.50.